The predicted molar refractivity (Wildman–Crippen MR) is 73.9 cm³/mol. The Labute approximate surface area is 108 Å². The Bertz CT molecular complexity index is 391. The molecule has 98 valence electrons. The van der Waals surface area contributed by atoms with Crippen LogP contribution in [0.25, 0.3) is 0 Å². The van der Waals surface area contributed by atoms with Crippen molar-refractivity contribution >= 4 is 11.6 Å². The van der Waals surface area contributed by atoms with Gasteiger partial charge in [0.05, 0.1) is 12.2 Å². The second-order valence-electron chi connectivity index (χ2n) is 3.80. The molecule has 0 aromatic heterocycles. The zero-order valence-corrected chi connectivity index (χ0v) is 10.7. The zero-order valence-electron chi connectivity index (χ0n) is 10.7. The van der Waals surface area contributed by atoms with E-state index in [1.54, 1.807) is 6.08 Å². The van der Waals surface area contributed by atoms with Crippen molar-refractivity contribution in [1.29, 1.82) is 0 Å². The van der Waals surface area contributed by atoms with Crippen molar-refractivity contribution in [2.24, 2.45) is 0 Å². The fraction of sp³-hybridized carbons (Fsp3) is 0.357. The molecule has 4 heteroatoms. The van der Waals surface area contributed by atoms with Gasteiger partial charge in [0.2, 0.25) is 5.91 Å². The molecule has 0 atom stereocenters. The van der Waals surface area contributed by atoms with Crippen molar-refractivity contribution in [3.05, 3.63) is 36.9 Å². The topological polar surface area (TPSA) is 50.4 Å². The molecule has 1 amide bonds. The fourth-order valence-electron chi connectivity index (χ4n) is 1.39. The smallest absolute Gasteiger partial charge is 0.239 e. The standard InChI is InChI=1S/C14H20N2O2/c1-3-9-15-14(17)11-16-12-7-5-6-8-13(12)18-10-4-2/h4-8,16H,2-3,9-11H2,1H3,(H,15,17). The van der Waals surface area contributed by atoms with Gasteiger partial charge in [-0.05, 0) is 18.6 Å². The number of anilines is 1. The van der Waals surface area contributed by atoms with Gasteiger partial charge in [-0.25, -0.2) is 0 Å². The summed E-state index contributed by atoms with van der Waals surface area (Å²) in [7, 11) is 0. The Hall–Kier alpha value is -1.97. The summed E-state index contributed by atoms with van der Waals surface area (Å²) in [5, 5.41) is 5.87. The minimum Gasteiger partial charge on any atom is -0.487 e. The number of hydrogen-bond acceptors (Lipinski definition) is 3. The van der Waals surface area contributed by atoms with Gasteiger partial charge in [-0.1, -0.05) is 31.7 Å². The van der Waals surface area contributed by atoms with E-state index in [9.17, 15) is 4.79 Å². The molecule has 0 heterocycles. The van der Waals surface area contributed by atoms with E-state index in [2.05, 4.69) is 17.2 Å². The predicted octanol–water partition coefficient (Wildman–Crippen LogP) is 2.19. The molecule has 0 aliphatic rings. The lowest BCUT2D eigenvalue weighted by atomic mass is 10.3. The average molecular weight is 248 g/mol. The minimum absolute atomic E-state index is 0.0182. The van der Waals surface area contributed by atoms with Gasteiger partial charge in [-0.15, -0.1) is 0 Å². The van der Waals surface area contributed by atoms with Gasteiger partial charge in [0, 0.05) is 6.54 Å². The van der Waals surface area contributed by atoms with Crippen LogP contribution < -0.4 is 15.4 Å². The fourth-order valence-corrected chi connectivity index (χ4v) is 1.39. The summed E-state index contributed by atoms with van der Waals surface area (Å²) in [6.45, 7) is 7.02. The molecule has 2 N–H and O–H groups in total. The van der Waals surface area contributed by atoms with Crippen molar-refractivity contribution in [2.45, 2.75) is 13.3 Å². The number of carbonyl (C=O) groups is 1. The van der Waals surface area contributed by atoms with E-state index in [0.29, 0.717) is 13.2 Å². The van der Waals surface area contributed by atoms with Gasteiger partial charge in [0.15, 0.2) is 0 Å². The number of hydrogen-bond donors (Lipinski definition) is 2. The molecule has 0 bridgehead atoms. The van der Waals surface area contributed by atoms with E-state index in [0.717, 1.165) is 17.9 Å². The third kappa shape index (κ3) is 4.91. The quantitative estimate of drug-likeness (QED) is 0.693. The highest BCUT2D eigenvalue weighted by atomic mass is 16.5. The van der Waals surface area contributed by atoms with Crippen LogP contribution in [0.5, 0.6) is 5.75 Å². The maximum absolute atomic E-state index is 11.5. The first-order valence-corrected chi connectivity index (χ1v) is 6.11. The highest BCUT2D eigenvalue weighted by molar-refractivity contribution is 5.81. The highest BCUT2D eigenvalue weighted by Crippen LogP contribution is 2.23. The number of amides is 1. The van der Waals surface area contributed by atoms with Crippen LogP contribution in [0, 0.1) is 0 Å². The summed E-state index contributed by atoms with van der Waals surface area (Å²) in [4.78, 5) is 11.5. The second-order valence-corrected chi connectivity index (χ2v) is 3.80. The summed E-state index contributed by atoms with van der Waals surface area (Å²) in [5.74, 6) is 0.705. The van der Waals surface area contributed by atoms with E-state index < -0.39 is 0 Å². The molecule has 0 unspecified atom stereocenters. The molecule has 0 saturated heterocycles. The molecule has 18 heavy (non-hydrogen) atoms. The molecular formula is C14H20N2O2. The molecule has 1 aromatic carbocycles. The first kappa shape index (κ1) is 14.1. The van der Waals surface area contributed by atoms with Crippen LogP contribution >= 0.6 is 0 Å². The van der Waals surface area contributed by atoms with Crippen molar-refractivity contribution in [3.8, 4) is 5.75 Å². The third-order valence-corrected chi connectivity index (χ3v) is 2.26. The molecule has 0 fully saturated rings. The van der Waals surface area contributed by atoms with E-state index >= 15 is 0 Å². The van der Waals surface area contributed by atoms with Gasteiger partial charge in [0.25, 0.3) is 0 Å². The summed E-state index contributed by atoms with van der Waals surface area (Å²) in [6.07, 6.45) is 2.62. The lowest BCUT2D eigenvalue weighted by Gasteiger charge is -2.12. The van der Waals surface area contributed by atoms with Crippen molar-refractivity contribution in [3.63, 3.8) is 0 Å². The summed E-state index contributed by atoms with van der Waals surface area (Å²) in [6, 6.07) is 7.52. The molecule has 0 aliphatic carbocycles. The van der Waals surface area contributed by atoms with E-state index in [4.69, 9.17) is 4.74 Å². The van der Waals surface area contributed by atoms with Gasteiger partial charge in [-0.3, -0.25) is 4.79 Å². The minimum atomic E-state index is -0.0182. The summed E-state index contributed by atoms with van der Waals surface area (Å²) in [5.41, 5.74) is 0.811. The Morgan fingerprint density at radius 2 is 2.22 bits per heavy atom. The average Bonchev–Trinajstić information content (AvgIpc) is 2.41. The molecule has 0 saturated carbocycles. The van der Waals surface area contributed by atoms with E-state index in [-0.39, 0.29) is 12.5 Å². The number of ether oxygens (including phenoxy) is 1. The molecule has 1 aromatic rings. The van der Waals surface area contributed by atoms with E-state index in [1.807, 2.05) is 31.2 Å². The van der Waals surface area contributed by atoms with Gasteiger partial charge in [0.1, 0.15) is 12.4 Å². The van der Waals surface area contributed by atoms with E-state index in [1.165, 1.54) is 0 Å². The van der Waals surface area contributed by atoms with Crippen molar-refractivity contribution < 1.29 is 9.53 Å². The van der Waals surface area contributed by atoms with Crippen molar-refractivity contribution in [2.75, 3.05) is 25.0 Å². The van der Waals surface area contributed by atoms with Crippen molar-refractivity contribution in [1.82, 2.24) is 5.32 Å². The van der Waals surface area contributed by atoms with Gasteiger partial charge < -0.3 is 15.4 Å². The lowest BCUT2D eigenvalue weighted by Crippen LogP contribution is -2.30. The SMILES string of the molecule is C=CCOc1ccccc1NCC(=O)NCCC. The Balaban J connectivity index is 2.50. The number of rotatable bonds is 8. The summed E-state index contributed by atoms with van der Waals surface area (Å²) < 4.78 is 5.49. The largest absolute Gasteiger partial charge is 0.487 e. The monoisotopic (exact) mass is 248 g/mol. The molecule has 4 nitrogen and oxygen atoms in total. The van der Waals surface area contributed by atoms with Gasteiger partial charge >= 0.3 is 0 Å². The van der Waals surface area contributed by atoms with Gasteiger partial charge in [-0.2, -0.15) is 0 Å². The molecule has 0 aliphatic heterocycles. The van der Waals surface area contributed by atoms with Crippen LogP contribution in [0.1, 0.15) is 13.3 Å². The molecule has 0 radical (unpaired) electrons. The Morgan fingerprint density at radius 1 is 1.44 bits per heavy atom. The lowest BCUT2D eigenvalue weighted by molar-refractivity contribution is -0.119. The third-order valence-electron chi connectivity index (χ3n) is 2.26. The molecule has 1 rings (SSSR count). The number of carbonyl (C=O) groups excluding carboxylic acids is 1. The van der Waals surface area contributed by atoms with Crippen LogP contribution in [0.4, 0.5) is 5.69 Å². The molecular weight excluding hydrogens is 228 g/mol. The van der Waals surface area contributed by atoms with Crippen LogP contribution in [-0.2, 0) is 4.79 Å². The van der Waals surface area contributed by atoms with Crippen LogP contribution in [0.3, 0.4) is 0 Å². The number of para-hydroxylation sites is 2. The summed E-state index contributed by atoms with van der Waals surface area (Å²) >= 11 is 0. The first-order chi connectivity index (χ1) is 8.77. The Morgan fingerprint density at radius 3 is 2.94 bits per heavy atom. The highest BCUT2D eigenvalue weighted by Gasteiger charge is 2.04. The maximum atomic E-state index is 11.5. The number of benzene rings is 1. The van der Waals surface area contributed by atoms with Crippen LogP contribution in [0.2, 0.25) is 0 Å². The number of nitrogens with one attached hydrogen (secondary N) is 2. The first-order valence-electron chi connectivity index (χ1n) is 6.11. The molecule has 0 spiro atoms. The zero-order chi connectivity index (χ0) is 13.2. The maximum Gasteiger partial charge on any atom is 0.239 e. The second kappa shape index (κ2) is 8.17. The normalized spacial score (nSPS) is 9.61. The van der Waals surface area contributed by atoms with Crippen LogP contribution in [-0.4, -0.2) is 25.6 Å². The Kier molecular flexibility index (Phi) is 6.40. The van der Waals surface area contributed by atoms with Crippen LogP contribution in [0.15, 0.2) is 36.9 Å².